The molecule has 0 bridgehead atoms. The lowest BCUT2D eigenvalue weighted by molar-refractivity contribution is 0.153. The quantitative estimate of drug-likeness (QED) is 0.931. The van der Waals surface area contributed by atoms with Crippen molar-refractivity contribution in [3.8, 4) is 0 Å². The Bertz CT molecular complexity index is 572. The van der Waals surface area contributed by atoms with Crippen molar-refractivity contribution in [1.29, 1.82) is 0 Å². The molecule has 2 heterocycles. The molecule has 0 atom stereocenters. The van der Waals surface area contributed by atoms with Gasteiger partial charge in [-0.1, -0.05) is 6.07 Å². The van der Waals surface area contributed by atoms with E-state index in [4.69, 9.17) is 0 Å². The molecule has 5 heteroatoms. The number of hydrogen-bond donors (Lipinski definition) is 1. The largest absolute Gasteiger partial charge is 0.304 e. The summed E-state index contributed by atoms with van der Waals surface area (Å²) >= 11 is 3.51. The minimum absolute atomic E-state index is 0.980. The van der Waals surface area contributed by atoms with E-state index in [9.17, 15) is 0 Å². The topological polar surface area (TPSA) is 35.2 Å². The molecule has 20 heavy (non-hydrogen) atoms. The molecule has 1 aliphatic heterocycles. The average Bonchev–Trinajstić information content (AvgIpc) is 2.83. The van der Waals surface area contributed by atoms with Gasteiger partial charge in [-0.2, -0.15) is 5.10 Å². The van der Waals surface area contributed by atoms with Gasteiger partial charge < -0.3 is 9.80 Å². The van der Waals surface area contributed by atoms with Crippen molar-refractivity contribution in [3.63, 3.8) is 0 Å². The van der Waals surface area contributed by atoms with E-state index in [1.165, 1.54) is 50.1 Å². The van der Waals surface area contributed by atoms with Gasteiger partial charge in [0.15, 0.2) is 0 Å². The lowest BCUT2D eigenvalue weighted by atomic mass is 10.1. The van der Waals surface area contributed by atoms with Crippen LogP contribution < -0.4 is 0 Å². The Labute approximate surface area is 128 Å². The first kappa shape index (κ1) is 14.0. The maximum Gasteiger partial charge on any atom is 0.108 e. The molecule has 0 aliphatic carbocycles. The summed E-state index contributed by atoms with van der Waals surface area (Å²) in [5, 5.41) is 8.39. The predicted molar refractivity (Wildman–Crippen MR) is 86.1 cm³/mol. The van der Waals surface area contributed by atoms with Gasteiger partial charge in [0, 0.05) is 31.6 Å². The van der Waals surface area contributed by atoms with E-state index in [0.717, 1.165) is 16.5 Å². The molecule has 1 saturated heterocycles. The van der Waals surface area contributed by atoms with Crippen LogP contribution in [0.25, 0.3) is 10.9 Å². The number of fused-ring (bicyclic) bond motifs is 1. The van der Waals surface area contributed by atoms with Gasteiger partial charge in [0.2, 0.25) is 0 Å². The van der Waals surface area contributed by atoms with E-state index in [1.54, 1.807) is 0 Å². The van der Waals surface area contributed by atoms with Crippen LogP contribution in [0.4, 0.5) is 0 Å². The summed E-state index contributed by atoms with van der Waals surface area (Å²) in [6.45, 7) is 6.03. The normalized spacial score (nSPS) is 17.9. The highest BCUT2D eigenvalue weighted by atomic mass is 79.9. The minimum atomic E-state index is 0.980. The van der Waals surface area contributed by atoms with Gasteiger partial charge in [-0.15, -0.1) is 0 Å². The third-order valence-corrected chi connectivity index (χ3v) is 4.71. The van der Waals surface area contributed by atoms with Crippen molar-refractivity contribution in [2.24, 2.45) is 0 Å². The molecular weight excluding hydrogens is 316 g/mol. The molecule has 1 aliphatic rings. The molecule has 2 aromatic rings. The zero-order valence-corrected chi connectivity index (χ0v) is 13.5. The molecular formula is C15H21BrN4. The summed E-state index contributed by atoms with van der Waals surface area (Å²) in [6, 6.07) is 6.54. The summed E-state index contributed by atoms with van der Waals surface area (Å²) in [5.74, 6) is 0. The van der Waals surface area contributed by atoms with Crippen LogP contribution in [0.5, 0.6) is 0 Å². The smallest absolute Gasteiger partial charge is 0.108 e. The van der Waals surface area contributed by atoms with Crippen LogP contribution in [-0.2, 0) is 6.42 Å². The van der Waals surface area contributed by atoms with Gasteiger partial charge >= 0.3 is 0 Å². The molecule has 1 aromatic carbocycles. The molecule has 0 spiro atoms. The summed E-state index contributed by atoms with van der Waals surface area (Å²) in [7, 11) is 2.20. The van der Waals surface area contributed by atoms with Crippen LogP contribution in [-0.4, -0.2) is 59.8 Å². The van der Waals surface area contributed by atoms with Crippen molar-refractivity contribution in [3.05, 3.63) is 28.4 Å². The van der Waals surface area contributed by atoms with E-state index < -0.39 is 0 Å². The number of benzene rings is 1. The third-order valence-electron chi connectivity index (χ3n) is 4.11. The van der Waals surface area contributed by atoms with E-state index in [-0.39, 0.29) is 0 Å². The lowest BCUT2D eigenvalue weighted by Crippen LogP contribution is -2.44. The molecule has 0 radical (unpaired) electrons. The maximum atomic E-state index is 4.24. The number of rotatable bonds is 4. The monoisotopic (exact) mass is 336 g/mol. The van der Waals surface area contributed by atoms with E-state index >= 15 is 0 Å². The van der Waals surface area contributed by atoms with Gasteiger partial charge in [-0.25, -0.2) is 0 Å². The highest BCUT2D eigenvalue weighted by molar-refractivity contribution is 9.10. The number of halogens is 1. The second-order valence-corrected chi connectivity index (χ2v) is 6.43. The highest BCUT2D eigenvalue weighted by Crippen LogP contribution is 2.22. The minimum Gasteiger partial charge on any atom is -0.304 e. The van der Waals surface area contributed by atoms with E-state index in [2.05, 4.69) is 61.2 Å². The zero-order chi connectivity index (χ0) is 13.9. The van der Waals surface area contributed by atoms with Crippen LogP contribution in [0.3, 0.4) is 0 Å². The van der Waals surface area contributed by atoms with Crippen molar-refractivity contribution in [2.75, 3.05) is 39.8 Å². The number of hydrogen-bond acceptors (Lipinski definition) is 3. The fourth-order valence-corrected chi connectivity index (χ4v) is 3.17. The van der Waals surface area contributed by atoms with Crippen LogP contribution in [0.15, 0.2) is 22.8 Å². The molecule has 3 rings (SSSR count). The van der Waals surface area contributed by atoms with Crippen LogP contribution in [0, 0.1) is 0 Å². The molecule has 1 fully saturated rings. The Hall–Kier alpha value is -0.910. The molecule has 0 unspecified atom stereocenters. The standard InChI is InChI=1S/C15H21BrN4/c1-19-7-9-20(10-8-19)6-2-3-12-4-5-14-13(11-12)15(16)18-17-14/h4-5,11H,2-3,6-10H2,1H3,(H,17,18). The fraction of sp³-hybridized carbons (Fsp3) is 0.533. The van der Waals surface area contributed by atoms with Crippen molar-refractivity contribution in [1.82, 2.24) is 20.0 Å². The van der Waals surface area contributed by atoms with Gasteiger partial charge in [0.05, 0.1) is 5.52 Å². The van der Waals surface area contributed by atoms with Gasteiger partial charge in [-0.05, 0) is 60.1 Å². The van der Waals surface area contributed by atoms with Crippen LogP contribution >= 0.6 is 15.9 Å². The number of piperazine rings is 1. The maximum absolute atomic E-state index is 4.24. The predicted octanol–water partition coefficient (Wildman–Crippen LogP) is 2.51. The Morgan fingerprint density at radius 1 is 1.25 bits per heavy atom. The summed E-state index contributed by atoms with van der Waals surface area (Å²) in [4.78, 5) is 4.98. The van der Waals surface area contributed by atoms with Crippen LogP contribution in [0.1, 0.15) is 12.0 Å². The number of nitrogens with one attached hydrogen (secondary N) is 1. The number of aromatic amines is 1. The average molecular weight is 337 g/mol. The first-order valence-corrected chi connectivity index (χ1v) is 8.05. The molecule has 108 valence electrons. The van der Waals surface area contributed by atoms with E-state index in [0.29, 0.717) is 0 Å². The first-order chi connectivity index (χ1) is 9.72. The molecule has 4 nitrogen and oxygen atoms in total. The molecule has 0 amide bonds. The number of aromatic nitrogens is 2. The zero-order valence-electron chi connectivity index (χ0n) is 11.9. The SMILES string of the molecule is CN1CCN(CCCc2ccc3n[nH]c(Br)c3c2)CC1. The summed E-state index contributed by atoms with van der Waals surface area (Å²) in [6.07, 6.45) is 2.37. The Balaban J connectivity index is 1.53. The Kier molecular flexibility index (Phi) is 4.38. The number of H-pyrrole nitrogens is 1. The number of aryl methyl sites for hydroxylation is 1. The molecule has 0 saturated carbocycles. The van der Waals surface area contributed by atoms with E-state index in [1.807, 2.05) is 0 Å². The molecule has 1 aromatic heterocycles. The third kappa shape index (κ3) is 3.22. The van der Waals surface area contributed by atoms with Gasteiger partial charge in [-0.3, -0.25) is 5.10 Å². The highest BCUT2D eigenvalue weighted by Gasteiger charge is 2.13. The van der Waals surface area contributed by atoms with Crippen molar-refractivity contribution < 1.29 is 0 Å². The Morgan fingerprint density at radius 2 is 2.05 bits per heavy atom. The second kappa shape index (κ2) is 6.24. The Morgan fingerprint density at radius 3 is 2.85 bits per heavy atom. The van der Waals surface area contributed by atoms with Crippen molar-refractivity contribution in [2.45, 2.75) is 12.8 Å². The summed E-state index contributed by atoms with van der Waals surface area (Å²) in [5.41, 5.74) is 2.42. The van der Waals surface area contributed by atoms with Crippen LogP contribution in [0.2, 0.25) is 0 Å². The molecule has 1 N–H and O–H groups in total. The number of likely N-dealkylation sites (N-methyl/N-ethyl adjacent to an activating group) is 1. The fourth-order valence-electron chi connectivity index (χ4n) is 2.76. The summed E-state index contributed by atoms with van der Waals surface area (Å²) < 4.78 is 0.980. The number of nitrogens with zero attached hydrogens (tertiary/aromatic N) is 3. The van der Waals surface area contributed by atoms with Gasteiger partial charge in [0.25, 0.3) is 0 Å². The second-order valence-electron chi connectivity index (χ2n) is 5.64. The lowest BCUT2D eigenvalue weighted by Gasteiger charge is -2.32. The first-order valence-electron chi connectivity index (χ1n) is 7.26. The van der Waals surface area contributed by atoms with Gasteiger partial charge in [0.1, 0.15) is 4.60 Å². The van der Waals surface area contributed by atoms with Crippen molar-refractivity contribution >= 4 is 26.8 Å².